The van der Waals surface area contributed by atoms with Crippen LogP contribution in [0.25, 0.3) is 33.9 Å². The van der Waals surface area contributed by atoms with Gasteiger partial charge in [-0.25, -0.2) is 23.5 Å². The third-order valence-corrected chi connectivity index (χ3v) is 6.87. The fourth-order valence-electron chi connectivity index (χ4n) is 3.57. The van der Waals surface area contributed by atoms with Gasteiger partial charge in [-0.3, -0.25) is 13.9 Å². The normalized spacial score (nSPS) is 11.7. The van der Waals surface area contributed by atoms with Crippen molar-refractivity contribution in [2.75, 3.05) is 0 Å². The molecule has 0 bridgehead atoms. The van der Waals surface area contributed by atoms with E-state index in [2.05, 4.69) is 20.9 Å². The van der Waals surface area contributed by atoms with Gasteiger partial charge >= 0.3 is 0 Å². The number of nitrogens with zero attached hydrogens (tertiary/aromatic N) is 4. The third-order valence-electron chi connectivity index (χ3n) is 5.18. The average Bonchev–Trinajstić information content (AvgIpc) is 3.24. The molecule has 0 saturated heterocycles. The van der Waals surface area contributed by atoms with Gasteiger partial charge in [-0.05, 0) is 54.6 Å². The lowest BCUT2D eigenvalue weighted by Gasteiger charge is -2.14. The second-order valence-electron chi connectivity index (χ2n) is 7.39. The molecule has 2 heterocycles. The Morgan fingerprint density at radius 1 is 0.941 bits per heavy atom. The highest BCUT2D eigenvalue weighted by atomic mass is 79.9. The van der Waals surface area contributed by atoms with Gasteiger partial charge in [0.25, 0.3) is 5.56 Å². The number of hydrogen-bond donors (Lipinski definition) is 1. The highest BCUT2D eigenvalue weighted by Gasteiger charge is 2.19. The molecule has 0 aliphatic rings. The van der Waals surface area contributed by atoms with Crippen molar-refractivity contribution in [2.24, 2.45) is 5.14 Å². The standard InChI is InChI=1S/C23H15BrClN5O3S/c24-15-6-4-14(5-7-15)21-28-22-20(23(31)30(21)17-10-8-16(25)9-11-17)27-13-29(22)18-2-1-3-19(12-18)34(26,32)33/h1-13H,(H2,26,32,33). The maximum atomic E-state index is 13.6. The van der Waals surface area contributed by atoms with E-state index in [1.54, 1.807) is 41.0 Å². The molecule has 8 nitrogen and oxygen atoms in total. The summed E-state index contributed by atoms with van der Waals surface area (Å²) in [7, 11) is -3.91. The Morgan fingerprint density at radius 3 is 2.32 bits per heavy atom. The zero-order valence-electron chi connectivity index (χ0n) is 17.3. The first-order valence-electron chi connectivity index (χ1n) is 9.87. The summed E-state index contributed by atoms with van der Waals surface area (Å²) in [5, 5.41) is 5.83. The van der Waals surface area contributed by atoms with Gasteiger partial charge in [-0.2, -0.15) is 0 Å². The number of fused-ring (bicyclic) bond motifs is 1. The van der Waals surface area contributed by atoms with Gasteiger partial charge in [0.15, 0.2) is 11.2 Å². The summed E-state index contributed by atoms with van der Waals surface area (Å²) < 4.78 is 27.6. The predicted octanol–water partition coefficient (Wildman–Crippen LogP) is 4.30. The largest absolute Gasteiger partial charge is 0.286 e. The van der Waals surface area contributed by atoms with Crippen molar-refractivity contribution in [3.8, 4) is 22.8 Å². The molecule has 2 N–H and O–H groups in total. The van der Waals surface area contributed by atoms with Crippen LogP contribution >= 0.6 is 27.5 Å². The Morgan fingerprint density at radius 2 is 1.65 bits per heavy atom. The first-order valence-corrected chi connectivity index (χ1v) is 12.6. The maximum Gasteiger partial charge on any atom is 0.286 e. The summed E-state index contributed by atoms with van der Waals surface area (Å²) in [6.45, 7) is 0. The van der Waals surface area contributed by atoms with Crippen molar-refractivity contribution in [1.29, 1.82) is 0 Å². The molecular weight excluding hydrogens is 542 g/mol. The summed E-state index contributed by atoms with van der Waals surface area (Å²) in [4.78, 5) is 22.7. The molecule has 0 saturated carbocycles. The summed E-state index contributed by atoms with van der Waals surface area (Å²) in [6.07, 6.45) is 1.43. The molecule has 0 fully saturated rings. The minimum absolute atomic E-state index is 0.0607. The molecule has 0 spiro atoms. The van der Waals surface area contributed by atoms with Gasteiger partial charge in [-0.1, -0.05) is 45.7 Å². The lowest BCUT2D eigenvalue weighted by atomic mass is 10.2. The zero-order valence-corrected chi connectivity index (χ0v) is 20.4. The topological polar surface area (TPSA) is 113 Å². The van der Waals surface area contributed by atoms with Crippen LogP contribution in [0.4, 0.5) is 0 Å². The molecule has 3 aromatic carbocycles. The van der Waals surface area contributed by atoms with Gasteiger partial charge < -0.3 is 0 Å². The molecular formula is C23H15BrClN5O3S. The molecule has 0 aliphatic carbocycles. The van der Waals surface area contributed by atoms with Crippen molar-refractivity contribution >= 4 is 48.7 Å². The van der Waals surface area contributed by atoms with Gasteiger partial charge in [0.05, 0.1) is 10.6 Å². The number of hydrogen-bond acceptors (Lipinski definition) is 5. The lowest BCUT2D eigenvalue weighted by Crippen LogP contribution is -2.22. The van der Waals surface area contributed by atoms with E-state index in [-0.39, 0.29) is 21.6 Å². The third kappa shape index (κ3) is 4.05. The smallest absolute Gasteiger partial charge is 0.283 e. The maximum absolute atomic E-state index is 13.6. The molecule has 0 unspecified atom stereocenters. The Balaban J connectivity index is 1.82. The van der Waals surface area contributed by atoms with Crippen LogP contribution < -0.4 is 10.7 Å². The molecule has 34 heavy (non-hydrogen) atoms. The summed E-state index contributed by atoms with van der Waals surface area (Å²) in [5.74, 6) is 0.386. The van der Waals surface area contributed by atoms with Gasteiger partial charge in [0.1, 0.15) is 12.2 Å². The van der Waals surface area contributed by atoms with Crippen LogP contribution in [-0.2, 0) is 10.0 Å². The van der Waals surface area contributed by atoms with Crippen LogP contribution in [0.2, 0.25) is 5.02 Å². The number of benzene rings is 3. The number of sulfonamides is 1. The number of nitrogens with two attached hydrogens (primary N) is 1. The number of aromatic nitrogens is 4. The van der Waals surface area contributed by atoms with E-state index in [1.807, 2.05) is 24.3 Å². The Labute approximate surface area is 207 Å². The quantitative estimate of drug-likeness (QED) is 0.355. The van der Waals surface area contributed by atoms with E-state index in [0.29, 0.717) is 27.8 Å². The number of primary sulfonamides is 1. The number of imidazole rings is 1. The second kappa shape index (κ2) is 8.48. The van der Waals surface area contributed by atoms with Crippen LogP contribution in [-0.4, -0.2) is 27.5 Å². The first-order chi connectivity index (χ1) is 16.2. The van der Waals surface area contributed by atoms with Crippen molar-refractivity contribution < 1.29 is 8.42 Å². The Bertz CT molecular complexity index is 1710. The molecule has 0 aliphatic heterocycles. The zero-order chi connectivity index (χ0) is 24.0. The van der Waals surface area contributed by atoms with Crippen LogP contribution in [0.15, 0.2) is 93.3 Å². The Kier molecular flexibility index (Phi) is 5.61. The molecule has 0 radical (unpaired) electrons. The fraction of sp³-hybridized carbons (Fsp3) is 0. The molecule has 2 aromatic heterocycles. The van der Waals surface area contributed by atoms with E-state index < -0.39 is 10.0 Å². The Hall–Kier alpha value is -3.31. The van der Waals surface area contributed by atoms with Crippen molar-refractivity contribution in [3.05, 3.63) is 99.0 Å². The SMILES string of the molecule is NS(=O)(=O)c1cccc(-n2cnc3c(=O)n(-c4ccc(Cl)cc4)c(-c4ccc(Br)cc4)nc32)c1. The average molecular weight is 557 g/mol. The van der Waals surface area contributed by atoms with E-state index in [4.69, 9.17) is 21.7 Å². The molecule has 0 atom stereocenters. The van der Waals surface area contributed by atoms with E-state index in [0.717, 1.165) is 4.47 Å². The minimum atomic E-state index is -3.91. The lowest BCUT2D eigenvalue weighted by molar-refractivity contribution is 0.597. The monoisotopic (exact) mass is 555 g/mol. The van der Waals surface area contributed by atoms with Crippen LogP contribution in [0.5, 0.6) is 0 Å². The summed E-state index contributed by atoms with van der Waals surface area (Å²) in [6, 6.07) is 20.3. The highest BCUT2D eigenvalue weighted by molar-refractivity contribution is 9.10. The van der Waals surface area contributed by atoms with Gasteiger partial charge in [0.2, 0.25) is 10.0 Å². The first kappa shape index (κ1) is 22.5. The summed E-state index contributed by atoms with van der Waals surface area (Å²) >= 11 is 9.47. The molecule has 5 rings (SSSR count). The highest BCUT2D eigenvalue weighted by Crippen LogP contribution is 2.26. The molecule has 5 aromatic rings. The molecule has 11 heteroatoms. The second-order valence-corrected chi connectivity index (χ2v) is 10.3. The van der Waals surface area contributed by atoms with Crippen LogP contribution in [0.3, 0.4) is 0 Å². The summed E-state index contributed by atoms with van der Waals surface area (Å²) in [5.41, 5.74) is 1.74. The van der Waals surface area contributed by atoms with E-state index >= 15 is 0 Å². The van der Waals surface area contributed by atoms with Crippen molar-refractivity contribution in [1.82, 2.24) is 19.1 Å². The van der Waals surface area contributed by atoms with E-state index in [1.165, 1.54) is 23.0 Å². The molecule has 0 amide bonds. The molecule has 170 valence electrons. The van der Waals surface area contributed by atoms with Gasteiger partial charge in [0, 0.05) is 20.7 Å². The number of rotatable bonds is 4. The fourth-order valence-corrected chi connectivity index (χ4v) is 4.52. The number of halogens is 2. The van der Waals surface area contributed by atoms with Crippen LogP contribution in [0, 0.1) is 0 Å². The van der Waals surface area contributed by atoms with Crippen molar-refractivity contribution in [3.63, 3.8) is 0 Å². The minimum Gasteiger partial charge on any atom is -0.283 e. The van der Waals surface area contributed by atoms with Crippen LogP contribution in [0.1, 0.15) is 0 Å². The van der Waals surface area contributed by atoms with Crippen molar-refractivity contribution in [2.45, 2.75) is 4.90 Å². The van der Waals surface area contributed by atoms with Gasteiger partial charge in [-0.15, -0.1) is 0 Å². The predicted molar refractivity (Wildman–Crippen MR) is 134 cm³/mol. The van der Waals surface area contributed by atoms with E-state index in [9.17, 15) is 13.2 Å².